The normalized spacial score (nSPS) is 46.0. The molecule has 0 spiro atoms. The number of hydrogen-bond acceptors (Lipinski definition) is 0. The largest absolute Gasteiger partial charge is 0.121 e. The molecular weight excluding hydrogens is 155 g/mol. The molecule has 2 bridgehead atoms. The van der Waals surface area contributed by atoms with Crippen LogP contribution in [-0.2, 0) is 0 Å². The summed E-state index contributed by atoms with van der Waals surface area (Å²) in [6.07, 6.45) is 4.96. The Labute approximate surface area is 65.5 Å². The molecule has 2 saturated carbocycles. The van der Waals surface area contributed by atoms with Crippen LogP contribution in [0.1, 0.15) is 25.7 Å². The van der Waals surface area contributed by atoms with Gasteiger partial charge in [0.05, 0.1) is 0 Å². The Kier molecular flexibility index (Phi) is 1.26. The minimum atomic E-state index is -0.344. The van der Waals surface area contributed by atoms with E-state index in [9.17, 15) is 0 Å². The molecule has 2 atom stereocenters. The van der Waals surface area contributed by atoms with E-state index in [0.717, 1.165) is 12.3 Å². The Morgan fingerprint density at radius 3 is 2.22 bits per heavy atom. The summed E-state index contributed by atoms with van der Waals surface area (Å²) in [5, 5.41) is 0. The van der Waals surface area contributed by atoms with Crippen LogP contribution >= 0.6 is 23.2 Å². The average molecular weight is 165 g/mol. The zero-order chi connectivity index (χ0) is 6.48. The zero-order valence-corrected chi connectivity index (χ0v) is 6.75. The molecule has 0 aliphatic heterocycles. The molecule has 1 unspecified atom stereocenters. The number of hydrogen-bond donors (Lipinski definition) is 0. The molecule has 0 saturated heterocycles. The fraction of sp³-hybridized carbons (Fsp3) is 1.00. The van der Waals surface area contributed by atoms with Crippen LogP contribution in [0, 0.1) is 11.8 Å². The number of fused-ring (bicyclic) bond motifs is 2. The lowest BCUT2D eigenvalue weighted by atomic mass is 10.00. The van der Waals surface area contributed by atoms with Crippen LogP contribution < -0.4 is 0 Å². The first-order valence-corrected chi connectivity index (χ1v) is 4.32. The van der Waals surface area contributed by atoms with Gasteiger partial charge in [-0.2, -0.15) is 0 Å². The first-order chi connectivity index (χ1) is 4.18. The van der Waals surface area contributed by atoms with Crippen LogP contribution in [0.25, 0.3) is 0 Å². The number of halogens is 2. The van der Waals surface area contributed by atoms with Gasteiger partial charge < -0.3 is 0 Å². The maximum Gasteiger partial charge on any atom is 0.121 e. The van der Waals surface area contributed by atoms with Crippen molar-refractivity contribution in [3.05, 3.63) is 0 Å². The Bertz CT molecular complexity index is 131. The maximum atomic E-state index is 6.03. The van der Waals surface area contributed by atoms with Crippen molar-refractivity contribution in [1.82, 2.24) is 0 Å². The van der Waals surface area contributed by atoms with Crippen molar-refractivity contribution in [3.8, 4) is 0 Å². The van der Waals surface area contributed by atoms with Gasteiger partial charge in [0.15, 0.2) is 0 Å². The molecule has 2 aliphatic rings. The van der Waals surface area contributed by atoms with E-state index in [2.05, 4.69) is 0 Å². The van der Waals surface area contributed by atoms with E-state index in [1.54, 1.807) is 0 Å². The minimum Gasteiger partial charge on any atom is -0.101 e. The van der Waals surface area contributed by atoms with E-state index in [4.69, 9.17) is 23.2 Å². The monoisotopic (exact) mass is 164 g/mol. The third-order valence-electron chi connectivity index (χ3n) is 2.70. The van der Waals surface area contributed by atoms with E-state index in [1.165, 1.54) is 19.3 Å². The third kappa shape index (κ3) is 0.877. The van der Waals surface area contributed by atoms with Crippen molar-refractivity contribution in [3.63, 3.8) is 0 Å². The molecule has 2 aliphatic carbocycles. The molecular formula is C7H10Cl2. The molecule has 52 valence electrons. The van der Waals surface area contributed by atoms with Gasteiger partial charge in [0.2, 0.25) is 0 Å². The predicted molar refractivity (Wildman–Crippen MR) is 39.9 cm³/mol. The van der Waals surface area contributed by atoms with E-state index in [0.29, 0.717) is 5.92 Å². The van der Waals surface area contributed by atoms with Gasteiger partial charge in [-0.25, -0.2) is 0 Å². The van der Waals surface area contributed by atoms with Gasteiger partial charge >= 0.3 is 0 Å². The SMILES string of the molecule is ClC1(Cl)CC2CC[C@@H]1C2. The maximum absolute atomic E-state index is 6.03. The summed E-state index contributed by atoms with van der Waals surface area (Å²) in [4.78, 5) is 0. The molecule has 9 heavy (non-hydrogen) atoms. The Balaban J connectivity index is 2.18. The highest BCUT2D eigenvalue weighted by Crippen LogP contribution is 2.56. The molecule has 0 aromatic rings. The van der Waals surface area contributed by atoms with E-state index >= 15 is 0 Å². The van der Waals surface area contributed by atoms with E-state index in [-0.39, 0.29) is 4.33 Å². The van der Waals surface area contributed by atoms with Crippen molar-refractivity contribution >= 4 is 23.2 Å². The summed E-state index contributed by atoms with van der Waals surface area (Å²) in [5.74, 6) is 1.47. The fourth-order valence-corrected chi connectivity index (χ4v) is 3.03. The highest BCUT2D eigenvalue weighted by molar-refractivity contribution is 6.48. The topological polar surface area (TPSA) is 0 Å². The van der Waals surface area contributed by atoms with Crippen LogP contribution in [0.3, 0.4) is 0 Å². The van der Waals surface area contributed by atoms with Gasteiger partial charge in [-0.3, -0.25) is 0 Å². The predicted octanol–water partition coefficient (Wildman–Crippen LogP) is 2.98. The molecule has 0 radical (unpaired) electrons. The van der Waals surface area contributed by atoms with E-state index < -0.39 is 0 Å². The van der Waals surface area contributed by atoms with Gasteiger partial charge in [0.25, 0.3) is 0 Å². The fourth-order valence-electron chi connectivity index (χ4n) is 2.20. The van der Waals surface area contributed by atoms with Crippen LogP contribution in [0.4, 0.5) is 0 Å². The second-order valence-corrected chi connectivity index (χ2v) is 4.88. The summed E-state index contributed by atoms with van der Waals surface area (Å²) >= 11 is 12.1. The van der Waals surface area contributed by atoms with Crippen LogP contribution in [0.5, 0.6) is 0 Å². The van der Waals surface area contributed by atoms with Crippen molar-refractivity contribution in [1.29, 1.82) is 0 Å². The summed E-state index contributed by atoms with van der Waals surface area (Å²) < 4.78 is -0.344. The van der Waals surface area contributed by atoms with Gasteiger partial charge in [0, 0.05) is 0 Å². The Morgan fingerprint density at radius 1 is 1.22 bits per heavy atom. The summed E-state index contributed by atoms with van der Waals surface area (Å²) in [6, 6.07) is 0. The highest BCUT2D eigenvalue weighted by atomic mass is 35.5. The lowest BCUT2D eigenvalue weighted by Gasteiger charge is -2.23. The molecule has 0 aromatic heterocycles. The molecule has 0 amide bonds. The molecule has 0 heterocycles. The molecule has 0 N–H and O–H groups in total. The van der Waals surface area contributed by atoms with Gasteiger partial charge in [0.1, 0.15) is 4.33 Å². The lowest BCUT2D eigenvalue weighted by molar-refractivity contribution is 0.455. The number of alkyl halides is 2. The third-order valence-corrected chi connectivity index (χ3v) is 3.63. The number of rotatable bonds is 0. The first kappa shape index (κ1) is 6.30. The standard InChI is InChI=1S/C7H10Cl2/c8-7(9)4-5-1-2-6(7)3-5/h5-6H,1-4H2/t5?,6-/m1/s1. The summed E-state index contributed by atoms with van der Waals surface area (Å²) in [7, 11) is 0. The van der Waals surface area contributed by atoms with Crippen LogP contribution in [0.2, 0.25) is 0 Å². The molecule has 0 aromatic carbocycles. The van der Waals surface area contributed by atoms with Gasteiger partial charge in [-0.05, 0) is 37.5 Å². The second kappa shape index (κ2) is 1.79. The molecule has 2 fully saturated rings. The van der Waals surface area contributed by atoms with Crippen LogP contribution in [0.15, 0.2) is 0 Å². The minimum absolute atomic E-state index is 0.344. The average Bonchev–Trinajstić information content (AvgIpc) is 2.19. The van der Waals surface area contributed by atoms with Crippen molar-refractivity contribution in [2.75, 3.05) is 0 Å². The smallest absolute Gasteiger partial charge is 0.101 e. The highest BCUT2D eigenvalue weighted by Gasteiger charge is 2.48. The van der Waals surface area contributed by atoms with Gasteiger partial charge in [-0.15, -0.1) is 23.2 Å². The molecule has 2 rings (SSSR count). The summed E-state index contributed by atoms with van der Waals surface area (Å²) in [6.45, 7) is 0. The Morgan fingerprint density at radius 2 is 2.00 bits per heavy atom. The van der Waals surface area contributed by atoms with Gasteiger partial charge in [-0.1, -0.05) is 0 Å². The van der Waals surface area contributed by atoms with Crippen molar-refractivity contribution < 1.29 is 0 Å². The van der Waals surface area contributed by atoms with Crippen LogP contribution in [-0.4, -0.2) is 4.33 Å². The Hall–Kier alpha value is 0.580. The van der Waals surface area contributed by atoms with Crippen molar-refractivity contribution in [2.45, 2.75) is 30.0 Å². The molecule has 2 heteroatoms. The first-order valence-electron chi connectivity index (χ1n) is 3.56. The van der Waals surface area contributed by atoms with Crippen molar-refractivity contribution in [2.24, 2.45) is 11.8 Å². The quantitative estimate of drug-likeness (QED) is 0.484. The zero-order valence-electron chi connectivity index (χ0n) is 5.24. The molecule has 0 nitrogen and oxygen atoms in total. The summed E-state index contributed by atoms with van der Waals surface area (Å²) in [5.41, 5.74) is 0. The second-order valence-electron chi connectivity index (χ2n) is 3.34. The van der Waals surface area contributed by atoms with E-state index in [1.807, 2.05) is 0 Å². The lowest BCUT2D eigenvalue weighted by Crippen LogP contribution is -2.20.